The highest BCUT2D eigenvalue weighted by molar-refractivity contribution is 6.30. The SMILES string of the molecule is N#Cc1ccc(-c2ncc(C(=O)c3ccc(Cl)c(F)c3)[nH]2)cc1. The van der Waals surface area contributed by atoms with Crippen molar-refractivity contribution in [2.24, 2.45) is 0 Å². The van der Waals surface area contributed by atoms with E-state index in [4.69, 9.17) is 16.9 Å². The van der Waals surface area contributed by atoms with Gasteiger partial charge in [-0.3, -0.25) is 4.79 Å². The van der Waals surface area contributed by atoms with Gasteiger partial charge in [0.05, 0.1) is 22.9 Å². The third-order valence-electron chi connectivity index (χ3n) is 3.29. The first-order valence-electron chi connectivity index (χ1n) is 6.64. The monoisotopic (exact) mass is 325 g/mol. The van der Waals surface area contributed by atoms with Crippen molar-refractivity contribution < 1.29 is 9.18 Å². The first-order chi connectivity index (χ1) is 11.1. The molecule has 0 amide bonds. The average Bonchev–Trinajstić information content (AvgIpc) is 3.07. The smallest absolute Gasteiger partial charge is 0.210 e. The fourth-order valence-corrected chi connectivity index (χ4v) is 2.20. The molecule has 0 spiro atoms. The van der Waals surface area contributed by atoms with Crippen LogP contribution in [-0.4, -0.2) is 15.8 Å². The van der Waals surface area contributed by atoms with Crippen LogP contribution in [0.15, 0.2) is 48.7 Å². The highest BCUT2D eigenvalue weighted by Gasteiger charge is 2.14. The molecule has 1 heterocycles. The van der Waals surface area contributed by atoms with E-state index in [9.17, 15) is 9.18 Å². The maximum absolute atomic E-state index is 13.5. The van der Waals surface area contributed by atoms with Crippen LogP contribution in [0.2, 0.25) is 5.02 Å². The van der Waals surface area contributed by atoms with Crippen LogP contribution in [0.3, 0.4) is 0 Å². The van der Waals surface area contributed by atoms with E-state index in [2.05, 4.69) is 9.97 Å². The van der Waals surface area contributed by atoms with Crippen molar-refractivity contribution in [2.45, 2.75) is 0 Å². The van der Waals surface area contributed by atoms with Gasteiger partial charge in [-0.15, -0.1) is 0 Å². The van der Waals surface area contributed by atoms with Gasteiger partial charge in [-0.25, -0.2) is 9.37 Å². The molecule has 3 aromatic rings. The molecule has 0 radical (unpaired) electrons. The molecular formula is C17H9ClFN3O. The zero-order chi connectivity index (χ0) is 16.4. The van der Waals surface area contributed by atoms with Gasteiger partial charge in [-0.05, 0) is 42.5 Å². The summed E-state index contributed by atoms with van der Waals surface area (Å²) < 4.78 is 13.5. The minimum Gasteiger partial charge on any atom is -0.335 e. The van der Waals surface area contributed by atoms with Crippen molar-refractivity contribution in [2.75, 3.05) is 0 Å². The fourth-order valence-electron chi connectivity index (χ4n) is 2.08. The van der Waals surface area contributed by atoms with Crippen LogP contribution in [0.4, 0.5) is 4.39 Å². The molecule has 112 valence electrons. The molecule has 0 aliphatic carbocycles. The molecule has 0 aliphatic rings. The molecule has 0 saturated heterocycles. The van der Waals surface area contributed by atoms with E-state index in [1.54, 1.807) is 24.3 Å². The lowest BCUT2D eigenvalue weighted by atomic mass is 10.1. The predicted octanol–water partition coefficient (Wildman–Crippen LogP) is 3.97. The molecule has 2 aromatic carbocycles. The number of nitriles is 1. The molecule has 23 heavy (non-hydrogen) atoms. The number of ketones is 1. The Morgan fingerprint density at radius 2 is 1.96 bits per heavy atom. The topological polar surface area (TPSA) is 69.5 Å². The molecule has 1 aromatic heterocycles. The Morgan fingerprint density at radius 1 is 1.22 bits per heavy atom. The number of imidazole rings is 1. The Labute approximate surface area is 136 Å². The van der Waals surface area contributed by atoms with E-state index in [-0.39, 0.29) is 22.1 Å². The summed E-state index contributed by atoms with van der Waals surface area (Å²) >= 11 is 5.61. The van der Waals surface area contributed by atoms with Crippen molar-refractivity contribution in [3.63, 3.8) is 0 Å². The van der Waals surface area contributed by atoms with Crippen LogP contribution in [0.25, 0.3) is 11.4 Å². The molecule has 4 nitrogen and oxygen atoms in total. The van der Waals surface area contributed by atoms with Gasteiger partial charge in [-0.1, -0.05) is 11.6 Å². The van der Waals surface area contributed by atoms with Crippen LogP contribution in [0.5, 0.6) is 0 Å². The normalized spacial score (nSPS) is 10.3. The van der Waals surface area contributed by atoms with Gasteiger partial charge in [-0.2, -0.15) is 5.26 Å². The van der Waals surface area contributed by atoms with Gasteiger partial charge in [0.2, 0.25) is 5.78 Å². The van der Waals surface area contributed by atoms with Gasteiger partial charge in [0.1, 0.15) is 17.3 Å². The summed E-state index contributed by atoms with van der Waals surface area (Å²) in [6.45, 7) is 0. The molecule has 3 rings (SSSR count). The molecule has 0 saturated carbocycles. The van der Waals surface area contributed by atoms with E-state index in [1.807, 2.05) is 6.07 Å². The minimum absolute atomic E-state index is 0.0376. The molecule has 0 atom stereocenters. The van der Waals surface area contributed by atoms with Crippen molar-refractivity contribution >= 4 is 17.4 Å². The highest BCUT2D eigenvalue weighted by atomic mass is 35.5. The van der Waals surface area contributed by atoms with Gasteiger partial charge in [0, 0.05) is 11.1 Å². The number of aromatic nitrogens is 2. The van der Waals surface area contributed by atoms with E-state index in [0.717, 1.165) is 11.6 Å². The Kier molecular flexibility index (Phi) is 3.92. The molecule has 6 heteroatoms. The first-order valence-corrected chi connectivity index (χ1v) is 7.01. The van der Waals surface area contributed by atoms with Crippen LogP contribution in [0.1, 0.15) is 21.6 Å². The second-order valence-corrected chi connectivity index (χ2v) is 5.20. The third kappa shape index (κ3) is 2.98. The highest BCUT2D eigenvalue weighted by Crippen LogP contribution is 2.20. The van der Waals surface area contributed by atoms with Crippen LogP contribution >= 0.6 is 11.6 Å². The van der Waals surface area contributed by atoms with Gasteiger partial charge in [0.25, 0.3) is 0 Å². The summed E-state index contributed by atoms with van der Waals surface area (Å²) in [5.41, 5.74) is 1.70. The zero-order valence-corrected chi connectivity index (χ0v) is 12.4. The van der Waals surface area contributed by atoms with Crippen LogP contribution in [-0.2, 0) is 0 Å². The number of nitrogens with zero attached hydrogens (tertiary/aromatic N) is 2. The second-order valence-electron chi connectivity index (χ2n) is 4.79. The van der Waals surface area contributed by atoms with Gasteiger partial charge in [0.15, 0.2) is 0 Å². The first kappa shape index (κ1) is 14.9. The predicted molar refractivity (Wildman–Crippen MR) is 83.6 cm³/mol. The number of nitrogens with one attached hydrogen (secondary N) is 1. The van der Waals surface area contributed by atoms with E-state index in [0.29, 0.717) is 11.4 Å². The van der Waals surface area contributed by atoms with Crippen LogP contribution in [0, 0.1) is 17.1 Å². The number of carbonyl (C=O) groups excluding carboxylic acids is 1. The molecule has 0 fully saturated rings. The van der Waals surface area contributed by atoms with Crippen molar-refractivity contribution in [1.29, 1.82) is 5.26 Å². The van der Waals surface area contributed by atoms with Crippen molar-refractivity contribution in [3.8, 4) is 17.5 Å². The lowest BCUT2D eigenvalue weighted by Crippen LogP contribution is -2.02. The summed E-state index contributed by atoms with van der Waals surface area (Å²) in [6.07, 6.45) is 1.39. The summed E-state index contributed by atoms with van der Waals surface area (Å²) in [6, 6.07) is 12.7. The standard InChI is InChI=1S/C17H9ClFN3O/c18-13-6-5-12(7-14(13)19)16(23)15-9-21-17(22-15)11-3-1-10(8-20)2-4-11/h1-7,9H,(H,21,22). The van der Waals surface area contributed by atoms with Crippen molar-refractivity contribution in [3.05, 3.63) is 76.3 Å². The average molecular weight is 326 g/mol. The largest absolute Gasteiger partial charge is 0.335 e. The van der Waals surface area contributed by atoms with Crippen LogP contribution < -0.4 is 0 Å². The number of hydrogen-bond donors (Lipinski definition) is 1. The molecule has 1 N–H and O–H groups in total. The van der Waals surface area contributed by atoms with E-state index >= 15 is 0 Å². The minimum atomic E-state index is -0.649. The number of benzene rings is 2. The third-order valence-corrected chi connectivity index (χ3v) is 3.60. The number of carbonyl (C=O) groups is 1. The molecule has 0 unspecified atom stereocenters. The lowest BCUT2D eigenvalue weighted by Gasteiger charge is -2.00. The van der Waals surface area contributed by atoms with Gasteiger partial charge >= 0.3 is 0 Å². The number of rotatable bonds is 3. The van der Waals surface area contributed by atoms with Gasteiger partial charge < -0.3 is 4.98 Å². The number of aromatic amines is 1. The molecular weight excluding hydrogens is 317 g/mol. The Bertz CT molecular complexity index is 926. The summed E-state index contributed by atoms with van der Waals surface area (Å²) in [5.74, 6) is -0.537. The second kappa shape index (κ2) is 6.03. The Hall–Kier alpha value is -2.97. The summed E-state index contributed by atoms with van der Waals surface area (Å²) in [5, 5.41) is 8.75. The number of H-pyrrole nitrogens is 1. The van der Waals surface area contributed by atoms with Crippen molar-refractivity contribution in [1.82, 2.24) is 9.97 Å². The molecule has 0 bridgehead atoms. The summed E-state index contributed by atoms with van der Waals surface area (Å²) in [7, 11) is 0. The van der Waals surface area contributed by atoms with E-state index in [1.165, 1.54) is 18.3 Å². The maximum atomic E-state index is 13.5. The fraction of sp³-hybridized carbons (Fsp3) is 0. The number of halogens is 2. The quantitative estimate of drug-likeness (QED) is 0.741. The Balaban J connectivity index is 1.90. The Morgan fingerprint density at radius 3 is 2.61 bits per heavy atom. The lowest BCUT2D eigenvalue weighted by molar-refractivity contribution is 0.103. The number of hydrogen-bond acceptors (Lipinski definition) is 3. The maximum Gasteiger partial charge on any atom is 0.210 e. The zero-order valence-electron chi connectivity index (χ0n) is 11.7. The molecule has 0 aliphatic heterocycles. The summed E-state index contributed by atoms with van der Waals surface area (Å²) in [4.78, 5) is 19.4. The van der Waals surface area contributed by atoms with E-state index < -0.39 is 5.82 Å².